The van der Waals surface area contributed by atoms with Gasteiger partial charge in [0.05, 0.1) is 12.7 Å². The molecule has 0 aromatic heterocycles. The molecule has 0 aliphatic carbocycles. The predicted octanol–water partition coefficient (Wildman–Crippen LogP) is 4.75. The summed E-state index contributed by atoms with van der Waals surface area (Å²) in [7, 11) is 0. The summed E-state index contributed by atoms with van der Waals surface area (Å²) in [6.45, 7) is 7.21. The number of allylic oxidation sites excluding steroid dienone is 1. The Morgan fingerprint density at radius 3 is 2.83 bits per heavy atom. The molecule has 0 aromatic carbocycles. The molecule has 0 amide bonds. The van der Waals surface area contributed by atoms with E-state index < -0.39 is 0 Å². The first kappa shape index (κ1) is 16.1. The number of hydrogen-bond donors (Lipinski definition) is 0. The molecule has 1 heterocycles. The summed E-state index contributed by atoms with van der Waals surface area (Å²) in [5.41, 5.74) is 0. The molecule has 18 heavy (non-hydrogen) atoms. The van der Waals surface area contributed by atoms with Crippen molar-refractivity contribution >= 4 is 11.8 Å². The van der Waals surface area contributed by atoms with Crippen LogP contribution >= 0.6 is 11.8 Å². The Morgan fingerprint density at radius 2 is 2.11 bits per heavy atom. The Hall–Kier alpha value is 0.01000. The van der Waals surface area contributed by atoms with Gasteiger partial charge in [-0.2, -0.15) is 0 Å². The van der Waals surface area contributed by atoms with E-state index in [0.717, 1.165) is 25.2 Å². The number of unbranched alkanes of at least 4 members (excludes halogenated alkanes) is 3. The van der Waals surface area contributed by atoms with Crippen molar-refractivity contribution in [1.29, 1.82) is 0 Å². The second-order valence-electron chi connectivity index (χ2n) is 5.14. The lowest BCUT2D eigenvalue weighted by molar-refractivity contribution is -0.155. The highest BCUT2D eigenvalue weighted by molar-refractivity contribution is 8.02. The molecule has 1 saturated heterocycles. The van der Waals surface area contributed by atoms with Crippen molar-refractivity contribution in [2.45, 2.75) is 71.2 Å². The zero-order chi connectivity index (χ0) is 13.3. The van der Waals surface area contributed by atoms with E-state index in [9.17, 15) is 0 Å². The topological polar surface area (TPSA) is 18.5 Å². The van der Waals surface area contributed by atoms with Crippen molar-refractivity contribution in [3.8, 4) is 0 Å². The highest BCUT2D eigenvalue weighted by Crippen LogP contribution is 2.29. The van der Waals surface area contributed by atoms with E-state index >= 15 is 0 Å². The van der Waals surface area contributed by atoms with Crippen molar-refractivity contribution < 1.29 is 9.47 Å². The van der Waals surface area contributed by atoms with Crippen molar-refractivity contribution in [3.05, 3.63) is 11.5 Å². The molecule has 0 radical (unpaired) electrons. The molecular formula is C15H28O2S. The average Bonchev–Trinajstić information content (AvgIpc) is 2.70. The van der Waals surface area contributed by atoms with Crippen LogP contribution in [0.5, 0.6) is 0 Å². The molecule has 2 atom stereocenters. The smallest absolute Gasteiger partial charge is 0.166 e. The molecule has 1 aliphatic rings. The summed E-state index contributed by atoms with van der Waals surface area (Å²) in [4.78, 5) is 0. The fourth-order valence-corrected chi connectivity index (χ4v) is 2.93. The second kappa shape index (κ2) is 9.00. The summed E-state index contributed by atoms with van der Waals surface area (Å²) in [6, 6.07) is 0. The van der Waals surface area contributed by atoms with E-state index in [1.807, 2.05) is 11.8 Å². The van der Waals surface area contributed by atoms with Gasteiger partial charge in [-0.25, -0.2) is 0 Å². The van der Waals surface area contributed by atoms with Gasteiger partial charge in [0.25, 0.3) is 0 Å². The minimum atomic E-state index is -0.329. The van der Waals surface area contributed by atoms with Gasteiger partial charge in [0.1, 0.15) is 0 Å². The molecule has 1 fully saturated rings. The third-order valence-corrected chi connectivity index (χ3v) is 4.09. The third-order valence-electron chi connectivity index (χ3n) is 3.14. The van der Waals surface area contributed by atoms with Crippen LogP contribution in [-0.2, 0) is 9.47 Å². The molecule has 2 nitrogen and oxygen atoms in total. The van der Waals surface area contributed by atoms with Crippen LogP contribution in [0.3, 0.4) is 0 Å². The van der Waals surface area contributed by atoms with Crippen LogP contribution in [0.1, 0.15) is 59.3 Å². The normalized spacial score (nSPS) is 28.3. The van der Waals surface area contributed by atoms with Crippen LogP contribution in [0.4, 0.5) is 0 Å². The molecule has 3 heteroatoms. The van der Waals surface area contributed by atoms with E-state index in [2.05, 4.69) is 32.3 Å². The molecule has 1 aliphatic heterocycles. The van der Waals surface area contributed by atoms with Crippen molar-refractivity contribution in [2.24, 2.45) is 0 Å². The first-order chi connectivity index (χ1) is 8.70. The van der Waals surface area contributed by atoms with Gasteiger partial charge in [-0.05, 0) is 25.2 Å². The summed E-state index contributed by atoms with van der Waals surface area (Å²) >= 11 is 1.84. The number of rotatable bonds is 9. The Bertz CT molecular complexity index is 243. The summed E-state index contributed by atoms with van der Waals surface area (Å²) in [5, 5.41) is 2.22. The number of hydrogen-bond acceptors (Lipinski definition) is 3. The fraction of sp³-hybridized carbons (Fsp3) is 0.867. The van der Waals surface area contributed by atoms with Gasteiger partial charge < -0.3 is 9.47 Å². The van der Waals surface area contributed by atoms with Gasteiger partial charge in [0.15, 0.2) is 5.79 Å². The minimum absolute atomic E-state index is 0.256. The fourth-order valence-electron chi connectivity index (χ4n) is 2.17. The molecule has 0 saturated carbocycles. The highest BCUT2D eigenvalue weighted by atomic mass is 32.2. The van der Waals surface area contributed by atoms with Crippen LogP contribution in [0.25, 0.3) is 0 Å². The standard InChI is InChI=1S/C15H28O2S/c1-4-6-7-8-9-11-18-13-14-12-16-15(3,17-14)10-5-2/h9,11,14H,4-8,10,12-13H2,1-3H3/b11-9+. The first-order valence-corrected chi connectivity index (χ1v) is 8.33. The molecule has 106 valence electrons. The number of ether oxygens (including phenoxy) is 2. The first-order valence-electron chi connectivity index (χ1n) is 7.28. The molecule has 0 spiro atoms. The van der Waals surface area contributed by atoms with Gasteiger partial charge in [-0.3, -0.25) is 0 Å². The average molecular weight is 272 g/mol. The van der Waals surface area contributed by atoms with E-state index in [1.165, 1.54) is 25.7 Å². The summed E-state index contributed by atoms with van der Waals surface area (Å²) in [5.74, 6) is 0.675. The van der Waals surface area contributed by atoms with Crippen LogP contribution in [0, 0.1) is 0 Å². The maximum absolute atomic E-state index is 5.96. The summed E-state index contributed by atoms with van der Waals surface area (Å²) < 4.78 is 11.7. The maximum Gasteiger partial charge on any atom is 0.166 e. The lowest BCUT2D eigenvalue weighted by atomic mass is 10.2. The number of thioether (sulfide) groups is 1. The zero-order valence-corrected chi connectivity index (χ0v) is 12.9. The Kier molecular flexibility index (Phi) is 8.03. The lowest BCUT2D eigenvalue weighted by Gasteiger charge is -2.22. The van der Waals surface area contributed by atoms with E-state index in [0.29, 0.717) is 0 Å². The monoisotopic (exact) mass is 272 g/mol. The van der Waals surface area contributed by atoms with Crippen LogP contribution in [-0.4, -0.2) is 24.3 Å². The van der Waals surface area contributed by atoms with Gasteiger partial charge in [0, 0.05) is 12.2 Å². The van der Waals surface area contributed by atoms with Crippen LogP contribution < -0.4 is 0 Å². The lowest BCUT2D eigenvalue weighted by Crippen LogP contribution is -2.26. The van der Waals surface area contributed by atoms with Gasteiger partial charge >= 0.3 is 0 Å². The summed E-state index contributed by atoms with van der Waals surface area (Å²) in [6.07, 6.45) is 9.78. The molecule has 0 aromatic rings. The maximum atomic E-state index is 5.96. The van der Waals surface area contributed by atoms with Crippen LogP contribution in [0.15, 0.2) is 11.5 Å². The van der Waals surface area contributed by atoms with Crippen molar-refractivity contribution in [3.63, 3.8) is 0 Å². The van der Waals surface area contributed by atoms with E-state index in [-0.39, 0.29) is 11.9 Å². The van der Waals surface area contributed by atoms with Crippen molar-refractivity contribution in [1.82, 2.24) is 0 Å². The molecule has 0 bridgehead atoms. The largest absolute Gasteiger partial charge is 0.347 e. The second-order valence-corrected chi connectivity index (χ2v) is 6.07. The molecule has 1 rings (SSSR count). The minimum Gasteiger partial charge on any atom is -0.347 e. The Morgan fingerprint density at radius 1 is 1.28 bits per heavy atom. The quantitative estimate of drug-likeness (QED) is 0.565. The van der Waals surface area contributed by atoms with E-state index in [1.54, 1.807) is 0 Å². The molecule has 2 unspecified atom stereocenters. The van der Waals surface area contributed by atoms with Gasteiger partial charge in [0.2, 0.25) is 0 Å². The predicted molar refractivity (Wildman–Crippen MR) is 79.9 cm³/mol. The third kappa shape index (κ3) is 6.26. The van der Waals surface area contributed by atoms with Crippen LogP contribution in [0.2, 0.25) is 0 Å². The Labute approximate surface area is 117 Å². The SMILES string of the molecule is CCCCC/C=C/SCC1COC(C)(CCC)O1. The molecule has 0 N–H and O–H groups in total. The van der Waals surface area contributed by atoms with Gasteiger partial charge in [-0.1, -0.05) is 39.2 Å². The zero-order valence-electron chi connectivity index (χ0n) is 12.1. The van der Waals surface area contributed by atoms with E-state index in [4.69, 9.17) is 9.47 Å². The Balaban J connectivity index is 2.07. The van der Waals surface area contributed by atoms with Gasteiger partial charge in [-0.15, -0.1) is 11.8 Å². The highest BCUT2D eigenvalue weighted by Gasteiger charge is 2.35. The van der Waals surface area contributed by atoms with Crippen molar-refractivity contribution in [2.75, 3.05) is 12.4 Å². The molecular weight excluding hydrogens is 244 g/mol.